The van der Waals surface area contributed by atoms with Crippen LogP contribution in [0.5, 0.6) is 0 Å². The van der Waals surface area contributed by atoms with Gasteiger partial charge in [-0.05, 0) is 24.6 Å². The average molecular weight is 286 g/mol. The number of nitrogens with one attached hydrogen (secondary N) is 2. The predicted octanol–water partition coefficient (Wildman–Crippen LogP) is 1.53. The van der Waals surface area contributed by atoms with Gasteiger partial charge >= 0.3 is 10.2 Å². The highest BCUT2D eigenvalue weighted by molar-refractivity contribution is 7.91. The minimum absolute atomic E-state index is 0.333. The van der Waals surface area contributed by atoms with Crippen molar-refractivity contribution in [2.75, 3.05) is 17.0 Å². The molecular weight excluding hydrogens is 272 g/mol. The van der Waals surface area contributed by atoms with Gasteiger partial charge in [-0.15, -0.1) is 0 Å². The Kier molecular flexibility index (Phi) is 3.69. The van der Waals surface area contributed by atoms with Crippen LogP contribution in [0.4, 0.5) is 10.8 Å². The second-order valence-electron chi connectivity index (χ2n) is 3.75. The van der Waals surface area contributed by atoms with E-state index in [1.165, 1.54) is 11.3 Å². The molecule has 0 atom stereocenters. The van der Waals surface area contributed by atoms with Gasteiger partial charge in [-0.1, -0.05) is 18.3 Å². The fourth-order valence-electron chi connectivity index (χ4n) is 1.37. The molecule has 2 rings (SSSR count). The lowest BCUT2D eigenvalue weighted by atomic mass is 10.3. The highest BCUT2D eigenvalue weighted by atomic mass is 32.2. The minimum atomic E-state index is -3.54. The molecule has 0 bridgehead atoms. The molecule has 0 aliphatic heterocycles. The quantitative estimate of drug-likeness (QED) is 0.726. The summed E-state index contributed by atoms with van der Waals surface area (Å²) in [5.74, 6) is 0. The molecule has 0 radical (unpaired) electrons. The minimum Gasteiger partial charge on any atom is -0.399 e. The molecule has 6 nitrogen and oxygen atoms in total. The molecule has 0 saturated carbocycles. The molecule has 4 N–H and O–H groups in total. The van der Waals surface area contributed by atoms with Gasteiger partial charge < -0.3 is 5.73 Å². The van der Waals surface area contributed by atoms with E-state index in [-0.39, 0.29) is 0 Å². The van der Waals surface area contributed by atoms with Crippen molar-refractivity contribution in [2.45, 2.75) is 13.3 Å². The van der Waals surface area contributed by atoms with Gasteiger partial charge in [0, 0.05) is 12.2 Å². The summed E-state index contributed by atoms with van der Waals surface area (Å²) in [4.78, 5) is 4.18. The highest BCUT2D eigenvalue weighted by Crippen LogP contribution is 2.27. The van der Waals surface area contributed by atoms with E-state index in [1.54, 1.807) is 18.2 Å². The Morgan fingerprint density at radius 2 is 2.22 bits per heavy atom. The van der Waals surface area contributed by atoms with Crippen molar-refractivity contribution >= 4 is 42.6 Å². The molecule has 0 saturated heterocycles. The third-order valence-corrected chi connectivity index (χ3v) is 4.29. The second kappa shape index (κ2) is 5.09. The number of thiazole rings is 1. The molecule has 1 aromatic carbocycles. The monoisotopic (exact) mass is 286 g/mol. The van der Waals surface area contributed by atoms with Gasteiger partial charge in [0.2, 0.25) is 0 Å². The number of nitrogen functional groups attached to an aromatic ring is 1. The number of aromatic nitrogens is 1. The summed E-state index contributed by atoms with van der Waals surface area (Å²) in [6, 6.07) is 5.26. The molecular formula is C10H14N4O2S2. The summed E-state index contributed by atoms with van der Waals surface area (Å²) >= 11 is 1.25. The molecule has 0 amide bonds. The molecule has 1 aromatic heterocycles. The number of nitrogens with two attached hydrogens (primary N) is 1. The first-order valence-corrected chi connectivity index (χ1v) is 7.73. The first-order chi connectivity index (χ1) is 8.50. The largest absolute Gasteiger partial charge is 0.399 e. The van der Waals surface area contributed by atoms with E-state index in [9.17, 15) is 8.42 Å². The first-order valence-electron chi connectivity index (χ1n) is 5.43. The van der Waals surface area contributed by atoms with Gasteiger partial charge in [-0.2, -0.15) is 13.1 Å². The number of anilines is 2. The molecule has 0 fully saturated rings. The number of fused-ring (bicyclic) bond motifs is 1. The van der Waals surface area contributed by atoms with Crippen LogP contribution in [-0.4, -0.2) is 19.9 Å². The van der Waals surface area contributed by atoms with Crippen LogP contribution in [0.2, 0.25) is 0 Å². The Hall–Kier alpha value is -1.38. The molecule has 0 unspecified atom stereocenters. The van der Waals surface area contributed by atoms with E-state index in [4.69, 9.17) is 5.73 Å². The summed E-state index contributed by atoms with van der Waals surface area (Å²) in [7, 11) is -3.54. The molecule has 0 aliphatic carbocycles. The zero-order chi connectivity index (χ0) is 13.2. The number of benzene rings is 1. The van der Waals surface area contributed by atoms with Crippen LogP contribution in [0.1, 0.15) is 13.3 Å². The number of hydrogen-bond acceptors (Lipinski definition) is 5. The van der Waals surface area contributed by atoms with Gasteiger partial charge in [0.05, 0.1) is 10.2 Å². The maximum Gasteiger partial charge on any atom is 0.300 e. The van der Waals surface area contributed by atoms with Crippen LogP contribution in [0, 0.1) is 0 Å². The highest BCUT2D eigenvalue weighted by Gasteiger charge is 2.12. The summed E-state index contributed by atoms with van der Waals surface area (Å²) in [6.07, 6.45) is 0.733. The third-order valence-electron chi connectivity index (χ3n) is 2.18. The molecule has 1 heterocycles. The average Bonchev–Trinajstić information content (AvgIpc) is 2.66. The van der Waals surface area contributed by atoms with Crippen LogP contribution in [-0.2, 0) is 10.2 Å². The predicted molar refractivity (Wildman–Crippen MR) is 74.9 cm³/mol. The normalized spacial score (nSPS) is 11.8. The Morgan fingerprint density at radius 3 is 2.94 bits per heavy atom. The van der Waals surface area contributed by atoms with Crippen molar-refractivity contribution in [2.24, 2.45) is 0 Å². The van der Waals surface area contributed by atoms with Gasteiger partial charge in [0.25, 0.3) is 0 Å². The molecule has 18 heavy (non-hydrogen) atoms. The Balaban J connectivity index is 2.22. The van der Waals surface area contributed by atoms with Crippen molar-refractivity contribution in [1.82, 2.24) is 9.71 Å². The van der Waals surface area contributed by atoms with E-state index in [1.807, 2.05) is 6.92 Å². The third kappa shape index (κ3) is 3.09. The van der Waals surface area contributed by atoms with Crippen molar-refractivity contribution < 1.29 is 8.42 Å². The van der Waals surface area contributed by atoms with Crippen molar-refractivity contribution in [3.63, 3.8) is 0 Å². The summed E-state index contributed by atoms with van der Waals surface area (Å²) < 4.78 is 28.9. The second-order valence-corrected chi connectivity index (χ2v) is 6.28. The molecule has 2 aromatic rings. The zero-order valence-corrected chi connectivity index (χ0v) is 11.4. The smallest absolute Gasteiger partial charge is 0.300 e. The van der Waals surface area contributed by atoms with Gasteiger partial charge in [-0.25, -0.2) is 9.71 Å². The fraction of sp³-hybridized carbons (Fsp3) is 0.300. The summed E-state index contributed by atoms with van der Waals surface area (Å²) in [5, 5.41) is 0.333. The van der Waals surface area contributed by atoms with Crippen LogP contribution in [0.25, 0.3) is 10.2 Å². The van der Waals surface area contributed by atoms with E-state index >= 15 is 0 Å². The maximum absolute atomic E-state index is 11.6. The fourth-order valence-corrected chi connectivity index (χ4v) is 3.45. The topological polar surface area (TPSA) is 97.1 Å². The van der Waals surface area contributed by atoms with E-state index in [2.05, 4.69) is 14.4 Å². The van der Waals surface area contributed by atoms with Gasteiger partial charge in [0.15, 0.2) is 5.13 Å². The lowest BCUT2D eigenvalue weighted by Gasteiger charge is -2.04. The van der Waals surface area contributed by atoms with Gasteiger partial charge in [0.1, 0.15) is 0 Å². The number of hydrogen-bond donors (Lipinski definition) is 3. The Morgan fingerprint density at radius 1 is 1.44 bits per heavy atom. The van der Waals surface area contributed by atoms with E-state index in [0.717, 1.165) is 16.6 Å². The van der Waals surface area contributed by atoms with Crippen LogP contribution in [0.3, 0.4) is 0 Å². The lowest BCUT2D eigenvalue weighted by molar-refractivity contribution is 0.586. The van der Waals surface area contributed by atoms with Crippen LogP contribution in [0.15, 0.2) is 18.2 Å². The molecule has 0 spiro atoms. The Labute approximate surface area is 109 Å². The van der Waals surface area contributed by atoms with Crippen molar-refractivity contribution in [3.05, 3.63) is 18.2 Å². The maximum atomic E-state index is 11.6. The number of rotatable bonds is 5. The van der Waals surface area contributed by atoms with Crippen molar-refractivity contribution in [1.29, 1.82) is 0 Å². The molecule has 8 heteroatoms. The van der Waals surface area contributed by atoms with Crippen LogP contribution < -0.4 is 15.2 Å². The lowest BCUT2D eigenvalue weighted by Crippen LogP contribution is -2.30. The molecule has 98 valence electrons. The summed E-state index contributed by atoms with van der Waals surface area (Å²) in [6.45, 7) is 2.29. The number of nitrogens with zero attached hydrogens (tertiary/aromatic N) is 1. The Bertz CT molecular complexity index is 651. The molecule has 0 aliphatic rings. The van der Waals surface area contributed by atoms with Crippen LogP contribution >= 0.6 is 11.3 Å². The van der Waals surface area contributed by atoms with Gasteiger partial charge in [-0.3, -0.25) is 0 Å². The standard InChI is InChI=1S/C10H14N4O2S2/c1-2-5-12-18(15,16)14-10-13-8-4-3-7(11)6-9(8)17-10/h3-4,6,12H,2,5,11H2,1H3,(H,13,14). The zero-order valence-electron chi connectivity index (χ0n) is 9.80. The van der Waals surface area contributed by atoms with Crippen molar-refractivity contribution in [3.8, 4) is 0 Å². The summed E-state index contributed by atoms with van der Waals surface area (Å²) in [5.41, 5.74) is 7.01. The van der Waals surface area contributed by atoms with E-state index < -0.39 is 10.2 Å². The SMILES string of the molecule is CCCNS(=O)(=O)Nc1nc2ccc(N)cc2s1. The van der Waals surface area contributed by atoms with E-state index in [0.29, 0.717) is 17.4 Å². The first kappa shape index (κ1) is 13.1.